The molecule has 1 atom stereocenters. The van der Waals surface area contributed by atoms with E-state index in [2.05, 4.69) is 10.2 Å². The van der Waals surface area contributed by atoms with Gasteiger partial charge in [-0.15, -0.1) is 0 Å². The first-order valence-electron chi connectivity index (χ1n) is 10.5. The summed E-state index contributed by atoms with van der Waals surface area (Å²) in [5, 5.41) is 2.77. The van der Waals surface area contributed by atoms with Crippen molar-refractivity contribution >= 4 is 17.9 Å². The average molecular weight is 395 g/mol. The molecule has 1 aliphatic carbocycles. The van der Waals surface area contributed by atoms with Gasteiger partial charge in [0.2, 0.25) is 0 Å². The highest BCUT2D eigenvalue weighted by Gasteiger charge is 2.32. The summed E-state index contributed by atoms with van der Waals surface area (Å²) in [7, 11) is 0. The van der Waals surface area contributed by atoms with Crippen molar-refractivity contribution < 1.29 is 19.1 Å². The van der Waals surface area contributed by atoms with Crippen molar-refractivity contribution in [1.29, 1.82) is 0 Å². The van der Waals surface area contributed by atoms with E-state index in [1.165, 1.54) is 0 Å². The van der Waals surface area contributed by atoms with E-state index in [1.807, 2.05) is 25.7 Å². The van der Waals surface area contributed by atoms with Crippen LogP contribution in [0.2, 0.25) is 0 Å². The standard InChI is InChI=1S/C20H34N4O4/c1-20(2,3)28-19(27)24-8-4-5-15(14-24)13-22-9-11-23(12-10-22)18(26)17(25)21-16-6-7-16/h15-16H,4-14H2,1-3H3,(H,21,25)/t15-/m0/s1. The van der Waals surface area contributed by atoms with Gasteiger partial charge < -0.3 is 19.9 Å². The second-order valence-electron chi connectivity index (χ2n) is 9.28. The lowest BCUT2D eigenvalue weighted by atomic mass is 9.97. The van der Waals surface area contributed by atoms with E-state index in [0.717, 1.165) is 58.4 Å². The highest BCUT2D eigenvalue weighted by atomic mass is 16.6. The molecule has 0 aromatic carbocycles. The van der Waals surface area contributed by atoms with Gasteiger partial charge in [0.05, 0.1) is 0 Å². The third kappa shape index (κ3) is 6.09. The molecular weight excluding hydrogens is 360 g/mol. The van der Waals surface area contributed by atoms with Crippen molar-refractivity contribution in [2.24, 2.45) is 5.92 Å². The number of amides is 3. The Balaban J connectivity index is 1.40. The van der Waals surface area contributed by atoms with Gasteiger partial charge in [0.15, 0.2) is 0 Å². The lowest BCUT2D eigenvalue weighted by Crippen LogP contribution is -2.54. The van der Waals surface area contributed by atoms with E-state index < -0.39 is 17.4 Å². The van der Waals surface area contributed by atoms with E-state index in [1.54, 1.807) is 4.90 Å². The first-order valence-corrected chi connectivity index (χ1v) is 10.5. The van der Waals surface area contributed by atoms with E-state index in [0.29, 0.717) is 19.0 Å². The van der Waals surface area contributed by atoms with Gasteiger partial charge in [-0.05, 0) is 52.4 Å². The van der Waals surface area contributed by atoms with Gasteiger partial charge in [-0.1, -0.05) is 0 Å². The summed E-state index contributed by atoms with van der Waals surface area (Å²) in [6.45, 7) is 10.8. The highest BCUT2D eigenvalue weighted by molar-refractivity contribution is 6.35. The molecule has 0 bridgehead atoms. The number of carbonyl (C=O) groups excluding carboxylic acids is 3. The Morgan fingerprint density at radius 3 is 2.25 bits per heavy atom. The van der Waals surface area contributed by atoms with Gasteiger partial charge in [-0.2, -0.15) is 0 Å². The van der Waals surface area contributed by atoms with Crippen molar-refractivity contribution in [3.05, 3.63) is 0 Å². The van der Waals surface area contributed by atoms with Crippen LogP contribution < -0.4 is 5.32 Å². The molecule has 2 saturated heterocycles. The number of nitrogens with one attached hydrogen (secondary N) is 1. The molecule has 28 heavy (non-hydrogen) atoms. The first-order chi connectivity index (χ1) is 13.2. The van der Waals surface area contributed by atoms with Gasteiger partial charge in [0.1, 0.15) is 5.60 Å². The SMILES string of the molecule is CC(C)(C)OC(=O)N1CCC[C@@H](CN2CCN(C(=O)C(=O)NC3CC3)CC2)C1. The molecule has 0 radical (unpaired) electrons. The molecule has 3 aliphatic rings. The fourth-order valence-corrected chi connectivity index (χ4v) is 3.82. The molecule has 3 rings (SSSR count). The van der Waals surface area contributed by atoms with E-state index in [4.69, 9.17) is 4.74 Å². The van der Waals surface area contributed by atoms with Crippen LogP contribution in [-0.4, -0.2) is 90.1 Å². The summed E-state index contributed by atoms with van der Waals surface area (Å²) in [6.07, 6.45) is 3.82. The van der Waals surface area contributed by atoms with Crippen molar-refractivity contribution in [3.8, 4) is 0 Å². The Morgan fingerprint density at radius 1 is 0.964 bits per heavy atom. The Hall–Kier alpha value is -1.83. The predicted molar refractivity (Wildman–Crippen MR) is 105 cm³/mol. The molecule has 2 aliphatic heterocycles. The summed E-state index contributed by atoms with van der Waals surface area (Å²) in [6, 6.07) is 0.206. The largest absolute Gasteiger partial charge is 0.444 e. The van der Waals surface area contributed by atoms with E-state index >= 15 is 0 Å². The summed E-state index contributed by atoms with van der Waals surface area (Å²) in [5.74, 6) is -0.446. The molecule has 1 saturated carbocycles. The van der Waals surface area contributed by atoms with Crippen LogP contribution in [0.4, 0.5) is 4.79 Å². The number of carbonyl (C=O) groups is 3. The molecule has 2 heterocycles. The maximum absolute atomic E-state index is 12.3. The van der Waals surface area contributed by atoms with Crippen LogP contribution in [0.25, 0.3) is 0 Å². The molecule has 0 spiro atoms. The molecule has 8 nitrogen and oxygen atoms in total. The number of hydrogen-bond acceptors (Lipinski definition) is 5. The maximum Gasteiger partial charge on any atom is 0.410 e. The number of rotatable bonds is 3. The van der Waals surface area contributed by atoms with E-state index in [9.17, 15) is 14.4 Å². The van der Waals surface area contributed by atoms with Crippen molar-refractivity contribution in [3.63, 3.8) is 0 Å². The summed E-state index contributed by atoms with van der Waals surface area (Å²) in [5.41, 5.74) is -0.474. The first kappa shape index (κ1) is 20.9. The molecule has 0 aromatic rings. The van der Waals surface area contributed by atoms with E-state index in [-0.39, 0.29) is 12.1 Å². The fourth-order valence-electron chi connectivity index (χ4n) is 3.82. The third-order valence-electron chi connectivity index (χ3n) is 5.45. The maximum atomic E-state index is 12.3. The zero-order chi connectivity index (χ0) is 20.3. The lowest BCUT2D eigenvalue weighted by Gasteiger charge is -2.39. The number of piperazine rings is 1. The van der Waals surface area contributed by atoms with Crippen LogP contribution in [-0.2, 0) is 14.3 Å². The minimum atomic E-state index is -0.474. The number of likely N-dealkylation sites (tertiary alicyclic amines) is 1. The quantitative estimate of drug-likeness (QED) is 0.724. The minimum Gasteiger partial charge on any atom is -0.444 e. The fraction of sp³-hybridized carbons (Fsp3) is 0.850. The average Bonchev–Trinajstić information content (AvgIpc) is 3.44. The van der Waals surface area contributed by atoms with Gasteiger partial charge in [-0.25, -0.2) is 4.79 Å². The van der Waals surface area contributed by atoms with Crippen LogP contribution in [0.3, 0.4) is 0 Å². The summed E-state index contributed by atoms with van der Waals surface area (Å²) < 4.78 is 5.50. The summed E-state index contributed by atoms with van der Waals surface area (Å²) in [4.78, 5) is 42.3. The minimum absolute atomic E-state index is 0.206. The molecule has 0 unspecified atom stereocenters. The van der Waals surface area contributed by atoms with Gasteiger partial charge in [-0.3, -0.25) is 14.5 Å². The second-order valence-corrected chi connectivity index (χ2v) is 9.28. The van der Waals surface area contributed by atoms with Crippen molar-refractivity contribution in [1.82, 2.24) is 20.0 Å². The van der Waals surface area contributed by atoms with Crippen molar-refractivity contribution in [2.45, 2.75) is 58.1 Å². The Labute approximate surface area is 167 Å². The van der Waals surface area contributed by atoms with Gasteiger partial charge >= 0.3 is 17.9 Å². The lowest BCUT2D eigenvalue weighted by molar-refractivity contribution is -0.147. The van der Waals surface area contributed by atoms with Gasteiger partial charge in [0.25, 0.3) is 0 Å². The second kappa shape index (κ2) is 8.68. The molecule has 1 N–H and O–H groups in total. The number of hydrogen-bond donors (Lipinski definition) is 1. The number of piperidine rings is 1. The number of nitrogens with zero attached hydrogens (tertiary/aromatic N) is 3. The number of ether oxygens (including phenoxy) is 1. The molecule has 8 heteroatoms. The topological polar surface area (TPSA) is 82.2 Å². The highest BCUT2D eigenvalue weighted by Crippen LogP contribution is 2.21. The van der Waals surface area contributed by atoms with Crippen LogP contribution in [0.15, 0.2) is 0 Å². The van der Waals surface area contributed by atoms with Gasteiger partial charge in [0, 0.05) is 51.9 Å². The van der Waals surface area contributed by atoms with Crippen molar-refractivity contribution in [2.75, 3.05) is 45.8 Å². The predicted octanol–water partition coefficient (Wildman–Crippen LogP) is 1.06. The smallest absolute Gasteiger partial charge is 0.410 e. The molecule has 158 valence electrons. The Bertz CT molecular complexity index is 592. The Morgan fingerprint density at radius 2 is 1.64 bits per heavy atom. The normalized spacial score (nSPS) is 24.0. The summed E-state index contributed by atoms with van der Waals surface area (Å²) >= 11 is 0. The van der Waals surface area contributed by atoms with Crippen LogP contribution in [0.5, 0.6) is 0 Å². The van der Waals surface area contributed by atoms with Crippen LogP contribution in [0.1, 0.15) is 46.5 Å². The van der Waals surface area contributed by atoms with Crippen LogP contribution >= 0.6 is 0 Å². The molecule has 3 fully saturated rings. The third-order valence-corrected chi connectivity index (χ3v) is 5.45. The van der Waals surface area contributed by atoms with Crippen LogP contribution in [0, 0.1) is 5.92 Å². The Kier molecular flexibility index (Phi) is 6.47. The molecular formula is C20H34N4O4. The molecule has 3 amide bonds. The molecule has 0 aromatic heterocycles. The monoisotopic (exact) mass is 394 g/mol. The zero-order valence-electron chi connectivity index (χ0n) is 17.4. The zero-order valence-corrected chi connectivity index (χ0v) is 17.4.